The summed E-state index contributed by atoms with van der Waals surface area (Å²) >= 11 is 0. The number of rotatable bonds is 9. The molecule has 0 aliphatic rings. The Labute approximate surface area is 105 Å². The number of ketones is 1. The summed E-state index contributed by atoms with van der Waals surface area (Å²) in [6.45, 7) is 12.6. The number of Topliss-reactive ketones (excluding diaryl/α,β-unsaturated/α-hetero) is 1. The monoisotopic (exact) mass is 245 g/mol. The molecule has 0 spiro atoms. The van der Waals surface area contributed by atoms with Crippen LogP contribution in [-0.2, 0) is 14.3 Å². The molecule has 0 fully saturated rings. The third-order valence-corrected chi connectivity index (χ3v) is 2.24. The summed E-state index contributed by atoms with van der Waals surface area (Å²) in [5.41, 5.74) is -0.317. The number of carbonyl (C=O) groups is 1. The van der Waals surface area contributed by atoms with E-state index in [0.717, 1.165) is 6.54 Å². The van der Waals surface area contributed by atoms with Crippen LogP contribution in [0.25, 0.3) is 0 Å². The summed E-state index contributed by atoms with van der Waals surface area (Å²) < 4.78 is 10.6. The summed E-state index contributed by atoms with van der Waals surface area (Å²) in [7, 11) is 0. The highest BCUT2D eigenvalue weighted by molar-refractivity contribution is 5.84. The van der Waals surface area contributed by atoms with Gasteiger partial charge in [-0.2, -0.15) is 0 Å². The van der Waals surface area contributed by atoms with Crippen LogP contribution in [0.3, 0.4) is 0 Å². The smallest absolute Gasteiger partial charge is 0.163 e. The molecule has 1 N–H and O–H groups in total. The van der Waals surface area contributed by atoms with Gasteiger partial charge in [0.1, 0.15) is 6.61 Å². The van der Waals surface area contributed by atoms with Crippen LogP contribution in [0.5, 0.6) is 0 Å². The first-order valence-electron chi connectivity index (χ1n) is 6.26. The molecule has 0 bridgehead atoms. The second-order valence-electron chi connectivity index (χ2n) is 5.45. The molecule has 0 amide bonds. The van der Waals surface area contributed by atoms with Gasteiger partial charge in [-0.1, -0.05) is 34.6 Å². The van der Waals surface area contributed by atoms with Crippen LogP contribution in [0.2, 0.25) is 0 Å². The third kappa shape index (κ3) is 10.4. The Morgan fingerprint density at radius 2 is 1.71 bits per heavy atom. The molecule has 0 saturated heterocycles. The summed E-state index contributed by atoms with van der Waals surface area (Å²) in [6.07, 6.45) is 0. The molecular formula is C13H27NO3. The molecular weight excluding hydrogens is 218 g/mol. The van der Waals surface area contributed by atoms with Crippen molar-refractivity contribution in [2.45, 2.75) is 40.7 Å². The van der Waals surface area contributed by atoms with Crippen molar-refractivity contribution in [1.82, 2.24) is 5.32 Å². The van der Waals surface area contributed by atoms with Crippen molar-refractivity contribution in [2.24, 2.45) is 5.41 Å². The van der Waals surface area contributed by atoms with Crippen molar-refractivity contribution in [3.63, 3.8) is 0 Å². The van der Waals surface area contributed by atoms with Gasteiger partial charge in [-0.25, -0.2) is 0 Å². The molecule has 17 heavy (non-hydrogen) atoms. The Kier molecular flexibility index (Phi) is 8.39. The molecule has 0 atom stereocenters. The fourth-order valence-electron chi connectivity index (χ4n) is 1.02. The molecule has 0 aromatic carbocycles. The molecule has 0 aromatic rings. The quantitative estimate of drug-likeness (QED) is 0.627. The Morgan fingerprint density at radius 3 is 2.24 bits per heavy atom. The second-order valence-corrected chi connectivity index (χ2v) is 5.45. The molecule has 4 nitrogen and oxygen atoms in total. The van der Waals surface area contributed by atoms with E-state index in [9.17, 15) is 4.79 Å². The summed E-state index contributed by atoms with van der Waals surface area (Å²) in [5, 5.41) is 3.25. The largest absolute Gasteiger partial charge is 0.378 e. The lowest BCUT2D eigenvalue weighted by Crippen LogP contribution is -2.27. The van der Waals surface area contributed by atoms with E-state index < -0.39 is 0 Å². The minimum atomic E-state index is -0.317. The van der Waals surface area contributed by atoms with E-state index in [1.54, 1.807) is 0 Å². The van der Waals surface area contributed by atoms with Crippen molar-refractivity contribution in [2.75, 3.05) is 33.0 Å². The minimum absolute atomic E-state index is 0.124. The van der Waals surface area contributed by atoms with Gasteiger partial charge in [0, 0.05) is 18.0 Å². The summed E-state index contributed by atoms with van der Waals surface area (Å²) in [5.74, 6) is 0.124. The Hall–Kier alpha value is -0.450. The number of nitrogens with one attached hydrogen (secondary N) is 1. The van der Waals surface area contributed by atoms with Crippen molar-refractivity contribution >= 4 is 5.78 Å². The molecule has 0 saturated carbocycles. The Balaban J connectivity index is 3.27. The average Bonchev–Trinajstić information content (AvgIpc) is 2.19. The van der Waals surface area contributed by atoms with Crippen LogP contribution < -0.4 is 5.32 Å². The maximum absolute atomic E-state index is 11.5. The van der Waals surface area contributed by atoms with E-state index in [1.165, 1.54) is 0 Å². The van der Waals surface area contributed by atoms with Crippen molar-refractivity contribution in [3.8, 4) is 0 Å². The lowest BCUT2D eigenvalue weighted by atomic mass is 9.91. The predicted octanol–water partition coefficient (Wildman–Crippen LogP) is 1.63. The van der Waals surface area contributed by atoms with E-state index in [1.807, 2.05) is 20.8 Å². The summed E-state index contributed by atoms with van der Waals surface area (Å²) in [4.78, 5) is 11.5. The van der Waals surface area contributed by atoms with Gasteiger partial charge in [0.15, 0.2) is 5.78 Å². The third-order valence-electron chi connectivity index (χ3n) is 2.24. The van der Waals surface area contributed by atoms with Crippen molar-refractivity contribution in [3.05, 3.63) is 0 Å². The first-order valence-corrected chi connectivity index (χ1v) is 6.26. The average molecular weight is 245 g/mol. The lowest BCUT2D eigenvalue weighted by molar-refractivity contribution is -0.131. The standard InChI is InChI=1S/C13H27NO3/c1-11(2)14-6-7-16-8-9-17-10-12(15)13(3,4)5/h11,14H,6-10H2,1-5H3. The normalized spacial score (nSPS) is 12.1. The molecule has 0 unspecified atom stereocenters. The molecule has 4 heteroatoms. The number of hydrogen-bond donors (Lipinski definition) is 1. The van der Waals surface area contributed by atoms with Crippen LogP contribution in [0.4, 0.5) is 0 Å². The van der Waals surface area contributed by atoms with Crippen LogP contribution >= 0.6 is 0 Å². The fraction of sp³-hybridized carbons (Fsp3) is 0.923. The number of hydrogen-bond acceptors (Lipinski definition) is 4. The highest BCUT2D eigenvalue weighted by Gasteiger charge is 2.20. The van der Waals surface area contributed by atoms with Crippen molar-refractivity contribution < 1.29 is 14.3 Å². The van der Waals surface area contributed by atoms with Crippen LogP contribution in [0.15, 0.2) is 0 Å². The van der Waals surface area contributed by atoms with E-state index >= 15 is 0 Å². The summed E-state index contributed by atoms with van der Waals surface area (Å²) in [6, 6.07) is 0.485. The molecule has 0 aliphatic heterocycles. The van der Waals surface area contributed by atoms with Gasteiger partial charge in [0.2, 0.25) is 0 Å². The van der Waals surface area contributed by atoms with Crippen molar-refractivity contribution in [1.29, 1.82) is 0 Å². The topological polar surface area (TPSA) is 47.6 Å². The van der Waals surface area contributed by atoms with Gasteiger partial charge in [0.05, 0.1) is 19.8 Å². The van der Waals surface area contributed by atoms with E-state index in [4.69, 9.17) is 9.47 Å². The second kappa shape index (κ2) is 8.61. The Bertz CT molecular complexity index is 209. The van der Waals surface area contributed by atoms with Gasteiger partial charge in [0.25, 0.3) is 0 Å². The van der Waals surface area contributed by atoms with Crippen LogP contribution in [-0.4, -0.2) is 44.8 Å². The molecule has 0 heterocycles. The zero-order valence-electron chi connectivity index (χ0n) is 11.8. The molecule has 0 radical (unpaired) electrons. The van der Waals surface area contributed by atoms with Gasteiger partial charge < -0.3 is 14.8 Å². The first kappa shape index (κ1) is 16.6. The zero-order chi connectivity index (χ0) is 13.3. The Morgan fingerprint density at radius 1 is 1.12 bits per heavy atom. The van der Waals surface area contributed by atoms with Gasteiger partial charge in [-0.15, -0.1) is 0 Å². The molecule has 0 aromatic heterocycles. The fourth-order valence-corrected chi connectivity index (χ4v) is 1.02. The first-order chi connectivity index (χ1) is 7.84. The molecule has 102 valence electrons. The van der Waals surface area contributed by atoms with E-state index in [-0.39, 0.29) is 17.8 Å². The van der Waals surface area contributed by atoms with Gasteiger partial charge >= 0.3 is 0 Å². The van der Waals surface area contributed by atoms with E-state index in [2.05, 4.69) is 19.2 Å². The highest BCUT2D eigenvalue weighted by atomic mass is 16.5. The van der Waals surface area contributed by atoms with E-state index in [0.29, 0.717) is 25.9 Å². The lowest BCUT2D eigenvalue weighted by Gasteiger charge is -2.16. The number of carbonyl (C=O) groups excluding carboxylic acids is 1. The molecule has 0 aliphatic carbocycles. The molecule has 0 rings (SSSR count). The SMILES string of the molecule is CC(C)NCCOCCOCC(=O)C(C)(C)C. The predicted molar refractivity (Wildman–Crippen MR) is 69.2 cm³/mol. The minimum Gasteiger partial charge on any atom is -0.378 e. The van der Waals surface area contributed by atoms with Crippen LogP contribution in [0.1, 0.15) is 34.6 Å². The van der Waals surface area contributed by atoms with Gasteiger partial charge in [-0.3, -0.25) is 4.79 Å². The maximum Gasteiger partial charge on any atom is 0.163 e. The highest BCUT2D eigenvalue weighted by Crippen LogP contribution is 2.14. The number of ether oxygens (including phenoxy) is 2. The zero-order valence-corrected chi connectivity index (χ0v) is 11.8. The van der Waals surface area contributed by atoms with Gasteiger partial charge in [-0.05, 0) is 0 Å². The maximum atomic E-state index is 11.5. The van der Waals surface area contributed by atoms with Crippen LogP contribution in [0, 0.1) is 5.41 Å².